The van der Waals surface area contributed by atoms with Crippen molar-refractivity contribution in [2.24, 2.45) is 0 Å². The number of para-hydroxylation sites is 3. The third-order valence-corrected chi connectivity index (χ3v) is 5.16. The van der Waals surface area contributed by atoms with E-state index in [-0.39, 0.29) is 12.4 Å². The Morgan fingerprint density at radius 2 is 1.56 bits per heavy atom. The molecule has 0 unspecified atom stereocenters. The van der Waals surface area contributed by atoms with Crippen LogP contribution in [-0.4, -0.2) is 21.4 Å². The third-order valence-electron chi connectivity index (χ3n) is 5.16. The first-order valence-electron chi connectivity index (χ1n) is 10.6. The molecule has 2 heterocycles. The van der Waals surface area contributed by atoms with Gasteiger partial charge < -0.3 is 9.15 Å². The Bertz CT molecular complexity index is 1440. The highest BCUT2D eigenvalue weighted by atomic mass is 16.5. The molecule has 2 N–H and O–H groups in total. The minimum absolute atomic E-state index is 0.0642. The SMILES string of the molecule is O=C(NNC(=O)c1ccc(COc2ccccc2)o1)c1ccc(-n2cnc3ccccc32)cc1. The number of rotatable bonds is 6. The first-order valence-corrected chi connectivity index (χ1v) is 10.6. The number of furan rings is 1. The van der Waals surface area contributed by atoms with Crippen LogP contribution in [0.25, 0.3) is 16.7 Å². The molecule has 5 rings (SSSR count). The van der Waals surface area contributed by atoms with Gasteiger partial charge in [0.25, 0.3) is 5.91 Å². The van der Waals surface area contributed by atoms with E-state index in [0.29, 0.717) is 17.1 Å². The molecule has 2 aromatic heterocycles. The van der Waals surface area contributed by atoms with Crippen molar-refractivity contribution in [2.45, 2.75) is 6.61 Å². The zero-order valence-corrected chi connectivity index (χ0v) is 18.0. The van der Waals surface area contributed by atoms with Crippen LogP contribution in [0.1, 0.15) is 26.7 Å². The number of aromatic nitrogens is 2. The molecule has 0 spiro atoms. The van der Waals surface area contributed by atoms with Crippen molar-refractivity contribution < 1.29 is 18.7 Å². The fraction of sp³-hybridized carbons (Fsp3) is 0.0385. The molecule has 8 heteroatoms. The van der Waals surface area contributed by atoms with Gasteiger partial charge in [-0.3, -0.25) is 25.0 Å². The minimum atomic E-state index is -0.569. The monoisotopic (exact) mass is 452 g/mol. The van der Waals surface area contributed by atoms with E-state index < -0.39 is 11.8 Å². The molecule has 0 aliphatic carbocycles. The molecule has 0 fully saturated rings. The zero-order chi connectivity index (χ0) is 23.3. The van der Waals surface area contributed by atoms with E-state index in [1.165, 1.54) is 6.07 Å². The van der Waals surface area contributed by atoms with Gasteiger partial charge in [0.1, 0.15) is 24.4 Å². The average Bonchev–Trinajstić information content (AvgIpc) is 3.54. The summed E-state index contributed by atoms with van der Waals surface area (Å²) in [6.07, 6.45) is 1.74. The number of carbonyl (C=O) groups excluding carboxylic acids is 2. The lowest BCUT2D eigenvalue weighted by Gasteiger charge is -2.08. The highest BCUT2D eigenvalue weighted by molar-refractivity contribution is 5.98. The van der Waals surface area contributed by atoms with Crippen LogP contribution in [0.15, 0.2) is 102 Å². The molecule has 0 atom stereocenters. The molecular weight excluding hydrogens is 432 g/mol. The molecule has 0 bridgehead atoms. The molecule has 0 aliphatic rings. The summed E-state index contributed by atoms with van der Waals surface area (Å²) < 4.78 is 13.0. The summed E-state index contributed by atoms with van der Waals surface area (Å²) in [5.41, 5.74) is 7.89. The van der Waals surface area contributed by atoms with Crippen molar-refractivity contribution in [3.8, 4) is 11.4 Å². The van der Waals surface area contributed by atoms with Crippen molar-refractivity contribution in [2.75, 3.05) is 0 Å². The van der Waals surface area contributed by atoms with E-state index in [0.717, 1.165) is 16.7 Å². The number of hydrogen-bond acceptors (Lipinski definition) is 5. The molecule has 0 saturated carbocycles. The number of nitrogens with one attached hydrogen (secondary N) is 2. The van der Waals surface area contributed by atoms with Gasteiger partial charge in [-0.05, 0) is 60.7 Å². The van der Waals surface area contributed by atoms with Crippen molar-refractivity contribution >= 4 is 22.8 Å². The number of fused-ring (bicyclic) bond motifs is 1. The molecule has 5 aromatic rings. The second-order valence-corrected chi connectivity index (χ2v) is 7.43. The largest absolute Gasteiger partial charge is 0.486 e. The molecule has 168 valence electrons. The van der Waals surface area contributed by atoms with E-state index in [9.17, 15) is 9.59 Å². The number of imidazole rings is 1. The van der Waals surface area contributed by atoms with Gasteiger partial charge in [0, 0.05) is 11.3 Å². The number of hydrazine groups is 1. The quantitative estimate of drug-likeness (QED) is 0.375. The Kier molecular flexibility index (Phi) is 5.77. The Balaban J connectivity index is 1.17. The molecule has 2 amide bonds. The smallest absolute Gasteiger partial charge is 0.305 e. The number of amides is 2. The van der Waals surface area contributed by atoms with Crippen LogP contribution in [0.2, 0.25) is 0 Å². The lowest BCUT2D eigenvalue weighted by molar-refractivity contribution is 0.0828. The molecule has 0 aliphatic heterocycles. The van der Waals surface area contributed by atoms with E-state index in [4.69, 9.17) is 9.15 Å². The van der Waals surface area contributed by atoms with Crippen LogP contribution < -0.4 is 15.6 Å². The maximum absolute atomic E-state index is 12.5. The van der Waals surface area contributed by atoms with Crippen LogP contribution in [0.3, 0.4) is 0 Å². The van der Waals surface area contributed by atoms with Gasteiger partial charge in [-0.25, -0.2) is 4.98 Å². The summed E-state index contributed by atoms with van der Waals surface area (Å²) in [4.78, 5) is 29.2. The molecular formula is C26H20N4O4. The first kappa shape index (κ1) is 21.0. The van der Waals surface area contributed by atoms with Gasteiger partial charge in [0.2, 0.25) is 0 Å². The first-order chi connectivity index (χ1) is 16.7. The number of ether oxygens (including phenoxy) is 1. The highest BCUT2D eigenvalue weighted by Gasteiger charge is 2.14. The minimum Gasteiger partial charge on any atom is -0.486 e. The Hall–Kier alpha value is -4.85. The fourth-order valence-electron chi connectivity index (χ4n) is 3.43. The van der Waals surface area contributed by atoms with Crippen molar-refractivity contribution in [1.82, 2.24) is 20.4 Å². The fourth-order valence-corrected chi connectivity index (χ4v) is 3.43. The summed E-state index contributed by atoms with van der Waals surface area (Å²) in [5.74, 6) is 0.233. The number of benzene rings is 3. The summed E-state index contributed by atoms with van der Waals surface area (Å²) in [7, 11) is 0. The second kappa shape index (κ2) is 9.33. The van der Waals surface area contributed by atoms with E-state index in [2.05, 4.69) is 15.8 Å². The van der Waals surface area contributed by atoms with Crippen molar-refractivity contribution in [1.29, 1.82) is 0 Å². The zero-order valence-electron chi connectivity index (χ0n) is 18.0. The van der Waals surface area contributed by atoms with Gasteiger partial charge in [-0.1, -0.05) is 30.3 Å². The summed E-state index contributed by atoms with van der Waals surface area (Å²) in [6.45, 7) is 0.183. The van der Waals surface area contributed by atoms with E-state index in [1.54, 1.807) is 24.5 Å². The standard InChI is InChI=1S/C26H20N4O4/c31-25(18-10-12-19(13-11-18)30-17-27-22-8-4-5-9-23(22)30)28-29-26(32)24-15-14-21(34-24)16-33-20-6-2-1-3-7-20/h1-15,17H,16H2,(H,28,31)(H,29,32). The lowest BCUT2D eigenvalue weighted by atomic mass is 10.2. The molecule has 8 nitrogen and oxygen atoms in total. The van der Waals surface area contributed by atoms with Crippen LogP contribution in [-0.2, 0) is 6.61 Å². The molecule has 0 saturated heterocycles. The average molecular weight is 452 g/mol. The van der Waals surface area contributed by atoms with E-state index >= 15 is 0 Å². The summed E-state index contributed by atoms with van der Waals surface area (Å²) >= 11 is 0. The van der Waals surface area contributed by atoms with Crippen LogP contribution >= 0.6 is 0 Å². The lowest BCUT2D eigenvalue weighted by Crippen LogP contribution is -2.41. The normalized spacial score (nSPS) is 10.7. The number of hydrogen-bond donors (Lipinski definition) is 2. The topological polar surface area (TPSA) is 98.4 Å². The maximum Gasteiger partial charge on any atom is 0.305 e. The van der Waals surface area contributed by atoms with Gasteiger partial charge in [0.15, 0.2) is 5.76 Å². The van der Waals surface area contributed by atoms with Crippen LogP contribution in [0, 0.1) is 0 Å². The van der Waals surface area contributed by atoms with Crippen LogP contribution in [0.4, 0.5) is 0 Å². The predicted octanol–water partition coefficient (Wildman–Crippen LogP) is 4.27. The van der Waals surface area contributed by atoms with E-state index in [1.807, 2.05) is 71.3 Å². The van der Waals surface area contributed by atoms with Gasteiger partial charge in [0.05, 0.1) is 11.0 Å². The molecule has 0 radical (unpaired) electrons. The second-order valence-electron chi connectivity index (χ2n) is 7.43. The van der Waals surface area contributed by atoms with Gasteiger partial charge in [-0.15, -0.1) is 0 Å². The Labute approximate surface area is 194 Å². The Morgan fingerprint density at radius 3 is 2.38 bits per heavy atom. The number of carbonyl (C=O) groups is 2. The van der Waals surface area contributed by atoms with Gasteiger partial charge in [-0.2, -0.15) is 0 Å². The number of nitrogens with zero attached hydrogens (tertiary/aromatic N) is 2. The highest BCUT2D eigenvalue weighted by Crippen LogP contribution is 2.18. The van der Waals surface area contributed by atoms with Crippen LogP contribution in [0.5, 0.6) is 5.75 Å². The van der Waals surface area contributed by atoms with Crippen molar-refractivity contribution in [3.63, 3.8) is 0 Å². The predicted molar refractivity (Wildman–Crippen MR) is 125 cm³/mol. The molecule has 34 heavy (non-hydrogen) atoms. The van der Waals surface area contributed by atoms with Crippen molar-refractivity contribution in [3.05, 3.63) is 114 Å². The summed E-state index contributed by atoms with van der Waals surface area (Å²) in [5, 5.41) is 0. The summed E-state index contributed by atoms with van der Waals surface area (Å²) in [6, 6.07) is 27.3. The van der Waals surface area contributed by atoms with Gasteiger partial charge >= 0.3 is 5.91 Å². The third kappa shape index (κ3) is 4.51. The Morgan fingerprint density at radius 1 is 0.824 bits per heavy atom. The maximum atomic E-state index is 12.5. The molecule has 3 aromatic carbocycles.